The lowest BCUT2D eigenvalue weighted by Crippen LogP contribution is -1.80. The third-order valence-electron chi connectivity index (χ3n) is 1.85. The third kappa shape index (κ3) is 1.33. The van der Waals surface area contributed by atoms with E-state index < -0.39 is 0 Å². The van der Waals surface area contributed by atoms with E-state index in [0.717, 1.165) is 12.2 Å². The molecule has 0 spiro atoms. The fourth-order valence-electron chi connectivity index (χ4n) is 1.13. The van der Waals surface area contributed by atoms with Gasteiger partial charge in [-0.2, -0.15) is 0 Å². The summed E-state index contributed by atoms with van der Waals surface area (Å²) in [7, 11) is 0. The van der Waals surface area contributed by atoms with E-state index in [-0.39, 0.29) is 0 Å². The maximum Gasteiger partial charge on any atom is 0.106 e. The van der Waals surface area contributed by atoms with Crippen LogP contribution in [0.5, 0.6) is 0 Å². The first kappa shape index (κ1) is 6.62. The standard InChI is InChI=1S/C10H10O/c1-2-8-4-3-5-9(6-8)10-7-11-10/h2-6,10H,1,7H2. The molecule has 2 rings (SSSR count). The van der Waals surface area contributed by atoms with Gasteiger partial charge in [0.2, 0.25) is 0 Å². The number of epoxide rings is 1. The highest BCUT2D eigenvalue weighted by molar-refractivity contribution is 5.48. The predicted octanol–water partition coefficient (Wildman–Crippen LogP) is 2.40. The van der Waals surface area contributed by atoms with Crippen molar-refractivity contribution in [2.24, 2.45) is 0 Å². The molecular formula is C10H10O. The number of rotatable bonds is 2. The fourth-order valence-corrected chi connectivity index (χ4v) is 1.13. The summed E-state index contributed by atoms with van der Waals surface area (Å²) in [6, 6.07) is 8.28. The second-order valence-electron chi connectivity index (χ2n) is 2.70. The minimum absolute atomic E-state index is 0.356. The van der Waals surface area contributed by atoms with Gasteiger partial charge in [0.05, 0.1) is 6.61 Å². The molecule has 1 fully saturated rings. The number of hydrogen-bond donors (Lipinski definition) is 0. The van der Waals surface area contributed by atoms with Crippen LogP contribution >= 0.6 is 0 Å². The van der Waals surface area contributed by atoms with Crippen LogP contribution in [0.3, 0.4) is 0 Å². The zero-order chi connectivity index (χ0) is 7.68. The largest absolute Gasteiger partial charge is 0.368 e. The van der Waals surface area contributed by atoms with E-state index in [0.29, 0.717) is 6.10 Å². The first-order valence-electron chi connectivity index (χ1n) is 3.74. The van der Waals surface area contributed by atoms with Crippen molar-refractivity contribution in [3.8, 4) is 0 Å². The molecule has 0 amide bonds. The predicted molar refractivity (Wildman–Crippen MR) is 45.2 cm³/mol. The normalized spacial score (nSPS) is 21.3. The van der Waals surface area contributed by atoms with Crippen molar-refractivity contribution in [1.82, 2.24) is 0 Å². The molecule has 1 aliphatic heterocycles. The van der Waals surface area contributed by atoms with Crippen LogP contribution in [0, 0.1) is 0 Å². The fraction of sp³-hybridized carbons (Fsp3) is 0.200. The maximum atomic E-state index is 5.16. The highest BCUT2D eigenvalue weighted by Gasteiger charge is 2.24. The Kier molecular flexibility index (Phi) is 1.51. The Morgan fingerprint density at radius 1 is 1.55 bits per heavy atom. The van der Waals surface area contributed by atoms with Gasteiger partial charge in [0.25, 0.3) is 0 Å². The monoisotopic (exact) mass is 146 g/mol. The summed E-state index contributed by atoms with van der Waals surface area (Å²) in [5, 5.41) is 0. The first-order valence-corrected chi connectivity index (χ1v) is 3.74. The van der Waals surface area contributed by atoms with E-state index in [1.807, 2.05) is 18.2 Å². The summed E-state index contributed by atoms with van der Waals surface area (Å²) in [6.45, 7) is 4.59. The Morgan fingerprint density at radius 3 is 3.00 bits per heavy atom. The molecule has 1 nitrogen and oxygen atoms in total. The molecular weight excluding hydrogens is 136 g/mol. The molecule has 0 aliphatic carbocycles. The molecule has 1 heterocycles. The van der Waals surface area contributed by atoms with Crippen LogP contribution in [0.4, 0.5) is 0 Å². The minimum Gasteiger partial charge on any atom is -0.368 e. The van der Waals surface area contributed by atoms with Crippen molar-refractivity contribution in [2.45, 2.75) is 6.10 Å². The molecule has 1 atom stereocenters. The van der Waals surface area contributed by atoms with Crippen LogP contribution in [-0.4, -0.2) is 6.61 Å². The Balaban J connectivity index is 2.33. The van der Waals surface area contributed by atoms with Crippen LogP contribution < -0.4 is 0 Å². The molecule has 11 heavy (non-hydrogen) atoms. The second kappa shape index (κ2) is 2.51. The van der Waals surface area contributed by atoms with Crippen molar-refractivity contribution in [3.63, 3.8) is 0 Å². The van der Waals surface area contributed by atoms with E-state index >= 15 is 0 Å². The number of ether oxygens (including phenoxy) is 1. The van der Waals surface area contributed by atoms with Crippen LogP contribution in [-0.2, 0) is 4.74 Å². The molecule has 1 aromatic rings. The van der Waals surface area contributed by atoms with Gasteiger partial charge in [-0.25, -0.2) is 0 Å². The van der Waals surface area contributed by atoms with Crippen molar-refractivity contribution in [3.05, 3.63) is 42.0 Å². The van der Waals surface area contributed by atoms with Gasteiger partial charge in [-0.3, -0.25) is 0 Å². The van der Waals surface area contributed by atoms with E-state index in [4.69, 9.17) is 4.74 Å². The average Bonchev–Trinajstić information content (AvgIpc) is 2.87. The summed E-state index contributed by atoms with van der Waals surface area (Å²) < 4.78 is 5.16. The van der Waals surface area contributed by atoms with Crippen molar-refractivity contribution < 1.29 is 4.74 Å². The molecule has 0 radical (unpaired) electrons. The summed E-state index contributed by atoms with van der Waals surface area (Å²) in [5.41, 5.74) is 2.43. The van der Waals surface area contributed by atoms with Gasteiger partial charge in [0.1, 0.15) is 6.10 Å². The smallest absolute Gasteiger partial charge is 0.106 e. The number of benzene rings is 1. The molecule has 1 aromatic carbocycles. The van der Waals surface area contributed by atoms with Gasteiger partial charge >= 0.3 is 0 Å². The maximum absolute atomic E-state index is 5.16. The van der Waals surface area contributed by atoms with E-state index in [2.05, 4.69) is 18.7 Å². The topological polar surface area (TPSA) is 12.5 Å². The zero-order valence-electron chi connectivity index (χ0n) is 6.29. The molecule has 1 aliphatic rings. The van der Waals surface area contributed by atoms with Gasteiger partial charge in [0.15, 0.2) is 0 Å². The van der Waals surface area contributed by atoms with Crippen LogP contribution in [0.15, 0.2) is 30.8 Å². The lowest BCUT2D eigenvalue weighted by atomic mass is 10.1. The van der Waals surface area contributed by atoms with Gasteiger partial charge in [-0.05, 0) is 17.2 Å². The molecule has 0 N–H and O–H groups in total. The van der Waals surface area contributed by atoms with E-state index in [9.17, 15) is 0 Å². The SMILES string of the molecule is C=Cc1cccc(C2CO2)c1. The van der Waals surface area contributed by atoms with E-state index in [1.54, 1.807) is 0 Å². The second-order valence-corrected chi connectivity index (χ2v) is 2.70. The third-order valence-corrected chi connectivity index (χ3v) is 1.85. The number of hydrogen-bond acceptors (Lipinski definition) is 1. The highest BCUT2D eigenvalue weighted by Crippen LogP contribution is 2.29. The van der Waals surface area contributed by atoms with Crippen molar-refractivity contribution >= 4 is 6.08 Å². The first-order chi connectivity index (χ1) is 5.40. The van der Waals surface area contributed by atoms with Crippen LogP contribution in [0.1, 0.15) is 17.2 Å². The molecule has 56 valence electrons. The minimum atomic E-state index is 0.356. The summed E-state index contributed by atoms with van der Waals surface area (Å²) in [6.07, 6.45) is 2.21. The van der Waals surface area contributed by atoms with Crippen molar-refractivity contribution in [1.29, 1.82) is 0 Å². The zero-order valence-corrected chi connectivity index (χ0v) is 6.29. The molecule has 0 aromatic heterocycles. The van der Waals surface area contributed by atoms with Gasteiger partial charge in [-0.1, -0.05) is 30.9 Å². The molecule has 1 heteroatoms. The lowest BCUT2D eigenvalue weighted by molar-refractivity contribution is 0.415. The Hall–Kier alpha value is -1.08. The Labute approximate surface area is 66.3 Å². The summed E-state index contributed by atoms with van der Waals surface area (Å²) in [4.78, 5) is 0. The molecule has 0 bridgehead atoms. The summed E-state index contributed by atoms with van der Waals surface area (Å²) >= 11 is 0. The van der Waals surface area contributed by atoms with Crippen molar-refractivity contribution in [2.75, 3.05) is 6.61 Å². The quantitative estimate of drug-likeness (QED) is 0.584. The molecule has 1 unspecified atom stereocenters. The summed E-state index contributed by atoms with van der Waals surface area (Å²) in [5.74, 6) is 0. The van der Waals surface area contributed by atoms with Gasteiger partial charge < -0.3 is 4.74 Å². The average molecular weight is 146 g/mol. The lowest BCUT2D eigenvalue weighted by Gasteiger charge is -1.96. The Morgan fingerprint density at radius 2 is 2.36 bits per heavy atom. The van der Waals surface area contributed by atoms with Gasteiger partial charge in [-0.15, -0.1) is 0 Å². The van der Waals surface area contributed by atoms with Crippen LogP contribution in [0.2, 0.25) is 0 Å². The van der Waals surface area contributed by atoms with Crippen LogP contribution in [0.25, 0.3) is 6.08 Å². The highest BCUT2D eigenvalue weighted by atomic mass is 16.6. The molecule has 1 saturated heterocycles. The van der Waals surface area contributed by atoms with E-state index in [1.165, 1.54) is 5.56 Å². The molecule has 0 saturated carbocycles. The Bertz CT molecular complexity index is 274. The van der Waals surface area contributed by atoms with Gasteiger partial charge in [0, 0.05) is 0 Å².